The van der Waals surface area contributed by atoms with Gasteiger partial charge in [-0.3, -0.25) is 14.2 Å². The molecular formula is C25H24ClN3O4S. The maximum Gasteiger partial charge on any atom is 0.269 e. The Morgan fingerprint density at radius 2 is 1.97 bits per heavy atom. The molecule has 1 amide bonds. The van der Waals surface area contributed by atoms with Crippen molar-refractivity contribution in [1.82, 2.24) is 4.57 Å². The number of nitrogens with zero attached hydrogens (tertiary/aromatic N) is 2. The van der Waals surface area contributed by atoms with Crippen molar-refractivity contribution in [2.75, 3.05) is 25.6 Å². The quantitative estimate of drug-likeness (QED) is 0.458. The van der Waals surface area contributed by atoms with E-state index < -0.39 is 5.91 Å². The summed E-state index contributed by atoms with van der Waals surface area (Å²) in [6.45, 7) is 2.99. The number of halogens is 1. The number of amides is 1. The molecule has 0 aliphatic rings. The van der Waals surface area contributed by atoms with Crippen molar-refractivity contribution in [3.05, 3.63) is 78.7 Å². The minimum Gasteiger partial charge on any atom is -0.492 e. The second kappa shape index (κ2) is 12.2. The van der Waals surface area contributed by atoms with Crippen molar-refractivity contribution >= 4 is 46.2 Å². The lowest BCUT2D eigenvalue weighted by Crippen LogP contribution is -2.34. The number of benzene rings is 2. The molecule has 0 bridgehead atoms. The molecule has 1 aromatic heterocycles. The summed E-state index contributed by atoms with van der Waals surface area (Å²) in [5.74, 6) is -0.132. The number of anilines is 1. The van der Waals surface area contributed by atoms with Crippen LogP contribution in [-0.4, -0.2) is 30.8 Å². The number of rotatable bonds is 9. The second-order valence-corrected chi connectivity index (χ2v) is 8.55. The molecule has 0 unspecified atom stereocenters. The van der Waals surface area contributed by atoms with Gasteiger partial charge in [-0.05, 0) is 43.2 Å². The maximum atomic E-state index is 13.2. The first-order chi connectivity index (χ1) is 16.5. The first-order valence-corrected chi connectivity index (χ1v) is 11.8. The zero-order valence-electron chi connectivity index (χ0n) is 18.8. The van der Waals surface area contributed by atoms with Crippen molar-refractivity contribution in [3.8, 4) is 11.8 Å². The van der Waals surface area contributed by atoms with Crippen LogP contribution in [0.2, 0.25) is 5.02 Å². The van der Waals surface area contributed by atoms with E-state index in [1.807, 2.05) is 19.1 Å². The predicted molar refractivity (Wildman–Crippen MR) is 135 cm³/mol. The predicted octanol–water partition coefficient (Wildman–Crippen LogP) is 3.14. The standard InChI is InChI=1S/C25H24ClN3O4S/c1-3-33-21-12-7-6-11-20(21)28-23(30)18(16-27)25-29(13-8-14-32-2)24(31)22(34-25)15-17-9-4-5-10-19(17)26/h4-7,9-12,15H,3,8,13-14H2,1-2H3,(H,28,30)/b22-15-,25-18-. The van der Waals surface area contributed by atoms with Crippen LogP contribution in [0.3, 0.4) is 0 Å². The van der Waals surface area contributed by atoms with Gasteiger partial charge in [0.2, 0.25) is 0 Å². The summed E-state index contributed by atoms with van der Waals surface area (Å²) >= 11 is 7.34. The molecule has 0 radical (unpaired) electrons. The molecule has 0 saturated carbocycles. The Kier molecular flexibility index (Phi) is 9.05. The van der Waals surface area contributed by atoms with Crippen molar-refractivity contribution in [1.29, 1.82) is 5.26 Å². The number of carbonyl (C=O) groups excluding carboxylic acids is 1. The number of thiazole rings is 1. The highest BCUT2D eigenvalue weighted by atomic mass is 35.5. The van der Waals surface area contributed by atoms with Crippen LogP contribution in [0.5, 0.6) is 5.75 Å². The summed E-state index contributed by atoms with van der Waals surface area (Å²) in [5, 5.41) is 13.1. The third kappa shape index (κ3) is 5.94. The van der Waals surface area contributed by atoms with Gasteiger partial charge in [0, 0.05) is 25.3 Å². The van der Waals surface area contributed by atoms with Crippen molar-refractivity contribution in [2.24, 2.45) is 0 Å². The number of nitrogens with one attached hydrogen (secondary N) is 1. The van der Waals surface area contributed by atoms with E-state index >= 15 is 0 Å². The number of carbonyl (C=O) groups is 1. The fraction of sp³-hybridized carbons (Fsp3) is 0.240. The van der Waals surface area contributed by atoms with Gasteiger partial charge in [0.25, 0.3) is 11.5 Å². The summed E-state index contributed by atoms with van der Waals surface area (Å²) < 4.78 is 12.8. The van der Waals surface area contributed by atoms with Crippen LogP contribution in [0.4, 0.5) is 5.69 Å². The molecule has 2 aromatic carbocycles. The van der Waals surface area contributed by atoms with Crippen LogP contribution >= 0.6 is 22.9 Å². The van der Waals surface area contributed by atoms with Gasteiger partial charge in [0.05, 0.1) is 16.8 Å². The summed E-state index contributed by atoms with van der Waals surface area (Å²) in [7, 11) is 1.57. The molecule has 9 heteroatoms. The lowest BCUT2D eigenvalue weighted by Gasteiger charge is -2.11. The molecule has 34 heavy (non-hydrogen) atoms. The van der Waals surface area contributed by atoms with E-state index in [-0.39, 0.29) is 15.8 Å². The van der Waals surface area contributed by atoms with E-state index in [9.17, 15) is 14.9 Å². The lowest BCUT2D eigenvalue weighted by atomic mass is 10.2. The van der Waals surface area contributed by atoms with E-state index in [2.05, 4.69) is 5.32 Å². The number of ether oxygens (including phenoxy) is 2. The number of hydrogen-bond acceptors (Lipinski definition) is 6. The van der Waals surface area contributed by atoms with E-state index in [1.54, 1.807) is 55.7 Å². The van der Waals surface area contributed by atoms with Crippen LogP contribution < -0.4 is 24.8 Å². The average molecular weight is 498 g/mol. The highest BCUT2D eigenvalue weighted by molar-refractivity contribution is 7.07. The molecule has 1 heterocycles. The van der Waals surface area contributed by atoms with Crippen molar-refractivity contribution in [3.63, 3.8) is 0 Å². The molecule has 0 aliphatic heterocycles. The third-order valence-corrected chi connectivity index (χ3v) is 6.29. The van der Waals surface area contributed by atoms with Crippen LogP contribution in [-0.2, 0) is 16.1 Å². The number of aromatic nitrogens is 1. The molecule has 7 nitrogen and oxygen atoms in total. The largest absolute Gasteiger partial charge is 0.492 e. The van der Waals surface area contributed by atoms with Gasteiger partial charge in [-0.2, -0.15) is 5.26 Å². The number of nitriles is 1. The first kappa shape index (κ1) is 25.2. The third-order valence-electron chi connectivity index (χ3n) is 4.82. The smallest absolute Gasteiger partial charge is 0.269 e. The summed E-state index contributed by atoms with van der Waals surface area (Å²) in [6.07, 6.45) is 2.21. The van der Waals surface area contributed by atoms with Gasteiger partial charge in [-0.1, -0.05) is 41.9 Å². The molecule has 0 aliphatic carbocycles. The fourth-order valence-corrected chi connectivity index (χ4v) is 4.55. The minimum absolute atomic E-state index is 0.162. The summed E-state index contributed by atoms with van der Waals surface area (Å²) in [4.78, 5) is 26.3. The molecule has 176 valence electrons. The molecule has 3 aromatic rings. The Labute approximate surface area is 206 Å². The van der Waals surface area contributed by atoms with Gasteiger partial charge in [0.15, 0.2) is 5.57 Å². The maximum absolute atomic E-state index is 13.2. The monoisotopic (exact) mass is 497 g/mol. The Hall–Kier alpha value is -3.38. The normalized spacial score (nSPS) is 12.2. The molecular weight excluding hydrogens is 474 g/mol. The molecule has 1 N–H and O–H groups in total. The Bertz CT molecular complexity index is 1390. The minimum atomic E-state index is -0.624. The summed E-state index contributed by atoms with van der Waals surface area (Å²) in [6, 6.07) is 16.1. The Morgan fingerprint density at radius 3 is 2.68 bits per heavy atom. The second-order valence-electron chi connectivity index (χ2n) is 7.11. The molecule has 3 rings (SSSR count). The molecule has 0 saturated heterocycles. The van der Waals surface area contributed by atoms with Gasteiger partial charge in [0.1, 0.15) is 16.5 Å². The highest BCUT2D eigenvalue weighted by Gasteiger charge is 2.17. The van der Waals surface area contributed by atoms with Crippen LogP contribution in [0.25, 0.3) is 11.6 Å². The molecule has 0 atom stereocenters. The van der Waals surface area contributed by atoms with Crippen molar-refractivity contribution < 1.29 is 14.3 Å². The zero-order valence-corrected chi connectivity index (χ0v) is 20.4. The summed E-state index contributed by atoms with van der Waals surface area (Å²) in [5.41, 5.74) is 0.650. The Balaban J connectivity index is 2.15. The highest BCUT2D eigenvalue weighted by Crippen LogP contribution is 2.24. The van der Waals surface area contributed by atoms with Gasteiger partial charge < -0.3 is 14.8 Å². The topological polar surface area (TPSA) is 93.4 Å². The van der Waals surface area contributed by atoms with Gasteiger partial charge >= 0.3 is 0 Å². The number of para-hydroxylation sites is 2. The number of hydrogen-bond donors (Lipinski definition) is 1. The van der Waals surface area contributed by atoms with Gasteiger partial charge in [-0.15, -0.1) is 11.3 Å². The fourth-order valence-electron chi connectivity index (χ4n) is 3.24. The zero-order chi connectivity index (χ0) is 24.5. The number of methoxy groups -OCH3 is 1. The van der Waals surface area contributed by atoms with Crippen LogP contribution in [0.15, 0.2) is 53.3 Å². The van der Waals surface area contributed by atoms with Crippen LogP contribution in [0.1, 0.15) is 18.9 Å². The van der Waals surface area contributed by atoms with E-state index in [0.29, 0.717) is 52.7 Å². The van der Waals surface area contributed by atoms with E-state index in [0.717, 1.165) is 11.3 Å². The van der Waals surface area contributed by atoms with Crippen LogP contribution in [0, 0.1) is 11.3 Å². The molecule has 0 fully saturated rings. The SMILES string of the molecule is CCOc1ccccc1NC(=O)/C(C#N)=c1\s/c(=C\c2ccccc2Cl)c(=O)n1CCCOC. The van der Waals surface area contributed by atoms with Crippen molar-refractivity contribution in [2.45, 2.75) is 19.9 Å². The lowest BCUT2D eigenvalue weighted by molar-refractivity contribution is -0.111. The molecule has 0 spiro atoms. The Morgan fingerprint density at radius 1 is 1.24 bits per heavy atom. The average Bonchev–Trinajstić information content (AvgIpc) is 3.12. The van der Waals surface area contributed by atoms with Gasteiger partial charge in [-0.25, -0.2) is 0 Å². The van der Waals surface area contributed by atoms with E-state index in [4.69, 9.17) is 21.1 Å². The first-order valence-electron chi connectivity index (χ1n) is 10.6. The van der Waals surface area contributed by atoms with E-state index in [1.165, 1.54) is 4.57 Å².